The first-order chi connectivity index (χ1) is 12.3. The van der Waals surface area contributed by atoms with Gasteiger partial charge in [0.2, 0.25) is 5.91 Å². The summed E-state index contributed by atoms with van der Waals surface area (Å²) >= 11 is 0. The lowest BCUT2D eigenvalue weighted by Gasteiger charge is -2.35. The summed E-state index contributed by atoms with van der Waals surface area (Å²) in [6.07, 6.45) is 5.89. The van der Waals surface area contributed by atoms with Crippen molar-refractivity contribution in [3.8, 4) is 0 Å². The molecule has 0 aliphatic carbocycles. The Morgan fingerprint density at radius 3 is 3.04 bits per heavy atom. The molecule has 0 spiro atoms. The average molecular weight is 340 g/mol. The fourth-order valence-corrected chi connectivity index (χ4v) is 3.72. The maximum absolute atomic E-state index is 12.9. The van der Waals surface area contributed by atoms with E-state index in [1.54, 1.807) is 6.20 Å². The van der Waals surface area contributed by atoms with Gasteiger partial charge in [-0.15, -0.1) is 0 Å². The van der Waals surface area contributed by atoms with E-state index >= 15 is 0 Å². The number of rotatable bonds is 4. The first-order valence-electron chi connectivity index (χ1n) is 8.99. The van der Waals surface area contributed by atoms with Gasteiger partial charge >= 0.3 is 0 Å². The molecule has 2 aliphatic rings. The zero-order valence-corrected chi connectivity index (χ0v) is 14.4. The maximum atomic E-state index is 12.9. The number of aromatic nitrogens is 2. The standard InChI is InChI=1S/C19H24N4O2/c24-19(23-10-3-6-16-5-1-2-7-18(16)23)15-21-11-12-25-17(13-21)14-22-9-4-8-20-22/h1-2,4-5,7-9,17H,3,6,10-15H2/t17-/m0/s1. The Bertz CT molecular complexity index is 716. The highest BCUT2D eigenvalue weighted by atomic mass is 16.5. The van der Waals surface area contributed by atoms with Gasteiger partial charge in [0.15, 0.2) is 0 Å². The zero-order chi connectivity index (χ0) is 17.1. The van der Waals surface area contributed by atoms with Crippen molar-refractivity contribution in [2.45, 2.75) is 25.5 Å². The summed E-state index contributed by atoms with van der Waals surface area (Å²) in [5.74, 6) is 0.187. The molecule has 3 heterocycles. The quantitative estimate of drug-likeness (QED) is 0.848. The third-order valence-electron chi connectivity index (χ3n) is 4.94. The number of anilines is 1. The van der Waals surface area contributed by atoms with Crippen molar-refractivity contribution in [1.82, 2.24) is 14.7 Å². The fraction of sp³-hybridized carbons (Fsp3) is 0.474. The summed E-state index contributed by atoms with van der Waals surface area (Å²) in [6.45, 7) is 4.22. The summed E-state index contributed by atoms with van der Waals surface area (Å²) in [7, 11) is 0. The van der Waals surface area contributed by atoms with Crippen LogP contribution in [0.2, 0.25) is 0 Å². The summed E-state index contributed by atoms with van der Waals surface area (Å²) in [5, 5.41) is 4.24. The number of para-hydroxylation sites is 1. The van der Waals surface area contributed by atoms with Gasteiger partial charge in [0.1, 0.15) is 0 Å². The van der Waals surface area contributed by atoms with Gasteiger partial charge in [-0.25, -0.2) is 0 Å². The predicted molar refractivity (Wildman–Crippen MR) is 95.5 cm³/mol. The molecule has 2 aromatic rings. The Morgan fingerprint density at radius 1 is 1.24 bits per heavy atom. The number of amides is 1. The molecule has 1 atom stereocenters. The molecule has 6 heteroatoms. The maximum Gasteiger partial charge on any atom is 0.241 e. The Morgan fingerprint density at radius 2 is 2.16 bits per heavy atom. The number of hydrogen-bond donors (Lipinski definition) is 0. The van der Waals surface area contributed by atoms with Crippen molar-refractivity contribution in [3.05, 3.63) is 48.3 Å². The van der Waals surface area contributed by atoms with E-state index in [0.717, 1.165) is 44.7 Å². The van der Waals surface area contributed by atoms with Gasteiger partial charge in [0, 0.05) is 37.7 Å². The topological polar surface area (TPSA) is 50.6 Å². The van der Waals surface area contributed by atoms with Crippen LogP contribution in [-0.2, 0) is 22.5 Å². The van der Waals surface area contributed by atoms with Crippen molar-refractivity contribution < 1.29 is 9.53 Å². The minimum absolute atomic E-state index is 0.0788. The van der Waals surface area contributed by atoms with E-state index in [-0.39, 0.29) is 12.0 Å². The molecule has 0 saturated carbocycles. The first kappa shape index (κ1) is 16.3. The second-order valence-electron chi connectivity index (χ2n) is 6.73. The minimum atomic E-state index is 0.0788. The van der Waals surface area contributed by atoms with Gasteiger partial charge in [-0.1, -0.05) is 18.2 Å². The second-order valence-corrected chi connectivity index (χ2v) is 6.73. The molecular formula is C19H24N4O2. The number of hydrogen-bond acceptors (Lipinski definition) is 4. The third kappa shape index (κ3) is 3.75. The number of benzene rings is 1. The number of aryl methyl sites for hydroxylation is 1. The van der Waals surface area contributed by atoms with Crippen molar-refractivity contribution in [2.75, 3.05) is 37.7 Å². The fourth-order valence-electron chi connectivity index (χ4n) is 3.72. The number of carbonyl (C=O) groups is 1. The van der Waals surface area contributed by atoms with Gasteiger partial charge < -0.3 is 9.64 Å². The lowest BCUT2D eigenvalue weighted by Crippen LogP contribution is -2.49. The SMILES string of the molecule is O=C(CN1CCO[C@H](Cn2cccn2)C1)N1CCCc2ccccc21. The van der Waals surface area contributed by atoms with E-state index in [0.29, 0.717) is 13.2 Å². The predicted octanol–water partition coefficient (Wildman–Crippen LogP) is 1.56. The van der Waals surface area contributed by atoms with E-state index in [4.69, 9.17) is 4.74 Å². The zero-order valence-electron chi connectivity index (χ0n) is 14.4. The van der Waals surface area contributed by atoms with Gasteiger partial charge in [-0.3, -0.25) is 14.4 Å². The van der Waals surface area contributed by atoms with Crippen LogP contribution in [0.3, 0.4) is 0 Å². The number of carbonyl (C=O) groups excluding carboxylic acids is 1. The molecule has 0 radical (unpaired) electrons. The molecule has 132 valence electrons. The molecule has 1 amide bonds. The van der Waals surface area contributed by atoms with Gasteiger partial charge in [-0.2, -0.15) is 5.10 Å². The summed E-state index contributed by atoms with van der Waals surface area (Å²) in [5.41, 5.74) is 2.36. The minimum Gasteiger partial charge on any atom is -0.374 e. The number of ether oxygens (including phenoxy) is 1. The molecule has 6 nitrogen and oxygen atoms in total. The molecule has 0 bridgehead atoms. The highest BCUT2D eigenvalue weighted by molar-refractivity contribution is 5.95. The van der Waals surface area contributed by atoms with E-state index in [2.05, 4.69) is 28.2 Å². The smallest absolute Gasteiger partial charge is 0.241 e. The van der Waals surface area contributed by atoms with Crippen LogP contribution in [0.4, 0.5) is 5.69 Å². The molecule has 1 saturated heterocycles. The first-order valence-corrected chi connectivity index (χ1v) is 8.99. The Hall–Kier alpha value is -2.18. The number of morpholine rings is 1. The summed E-state index contributed by atoms with van der Waals surface area (Å²) in [4.78, 5) is 17.0. The van der Waals surface area contributed by atoms with E-state index in [9.17, 15) is 4.79 Å². The summed E-state index contributed by atoms with van der Waals surface area (Å²) < 4.78 is 7.72. The normalized spacial score (nSPS) is 21.1. The Labute approximate surface area is 148 Å². The Kier molecular flexibility index (Phi) is 4.81. The molecule has 0 N–H and O–H groups in total. The third-order valence-corrected chi connectivity index (χ3v) is 4.94. The van der Waals surface area contributed by atoms with E-state index in [1.165, 1.54) is 5.56 Å². The van der Waals surface area contributed by atoms with Crippen LogP contribution < -0.4 is 4.90 Å². The van der Waals surface area contributed by atoms with Crippen LogP contribution in [0.15, 0.2) is 42.7 Å². The van der Waals surface area contributed by atoms with Crippen LogP contribution in [0, 0.1) is 0 Å². The van der Waals surface area contributed by atoms with Crippen LogP contribution in [0.1, 0.15) is 12.0 Å². The number of nitrogens with zero attached hydrogens (tertiary/aromatic N) is 4. The van der Waals surface area contributed by atoms with E-state index < -0.39 is 0 Å². The van der Waals surface area contributed by atoms with Crippen LogP contribution >= 0.6 is 0 Å². The van der Waals surface area contributed by atoms with Crippen molar-refractivity contribution in [1.29, 1.82) is 0 Å². The van der Waals surface area contributed by atoms with Crippen LogP contribution in [0.25, 0.3) is 0 Å². The molecule has 4 rings (SSSR count). The average Bonchev–Trinajstić information content (AvgIpc) is 3.14. The lowest BCUT2D eigenvalue weighted by atomic mass is 10.0. The molecule has 0 unspecified atom stereocenters. The lowest BCUT2D eigenvalue weighted by molar-refractivity contribution is -0.122. The molecule has 1 fully saturated rings. The highest BCUT2D eigenvalue weighted by Gasteiger charge is 2.27. The molecule has 2 aliphatic heterocycles. The van der Waals surface area contributed by atoms with Crippen molar-refractivity contribution >= 4 is 11.6 Å². The van der Waals surface area contributed by atoms with Gasteiger partial charge in [0.05, 0.1) is 25.8 Å². The van der Waals surface area contributed by atoms with Crippen molar-refractivity contribution in [2.24, 2.45) is 0 Å². The van der Waals surface area contributed by atoms with Gasteiger partial charge in [0.25, 0.3) is 0 Å². The monoisotopic (exact) mass is 340 g/mol. The number of fused-ring (bicyclic) bond motifs is 1. The highest BCUT2D eigenvalue weighted by Crippen LogP contribution is 2.26. The molecule has 1 aromatic heterocycles. The molecular weight excluding hydrogens is 316 g/mol. The second kappa shape index (κ2) is 7.37. The van der Waals surface area contributed by atoms with Gasteiger partial charge in [-0.05, 0) is 30.5 Å². The summed E-state index contributed by atoms with van der Waals surface area (Å²) in [6, 6.07) is 10.2. The van der Waals surface area contributed by atoms with Crippen molar-refractivity contribution in [3.63, 3.8) is 0 Å². The van der Waals surface area contributed by atoms with E-state index in [1.807, 2.05) is 27.9 Å². The Balaban J connectivity index is 1.38. The molecule has 25 heavy (non-hydrogen) atoms. The molecule has 1 aromatic carbocycles. The largest absolute Gasteiger partial charge is 0.374 e. The van der Waals surface area contributed by atoms with Crippen LogP contribution in [-0.4, -0.2) is 59.5 Å². The van der Waals surface area contributed by atoms with Crippen LogP contribution in [0.5, 0.6) is 0 Å².